The Balaban J connectivity index is 1.60. The first-order chi connectivity index (χ1) is 16.4. The van der Waals surface area contributed by atoms with E-state index < -0.39 is 17.3 Å². The maximum Gasteiger partial charge on any atom is 0.419 e. The fourth-order valence-corrected chi connectivity index (χ4v) is 4.10. The summed E-state index contributed by atoms with van der Waals surface area (Å²) in [4.78, 5) is 10.8. The first-order valence-corrected chi connectivity index (χ1v) is 11.0. The Morgan fingerprint density at radius 3 is 2.65 bits per heavy atom. The van der Waals surface area contributed by atoms with Crippen molar-refractivity contribution < 1.29 is 22.6 Å². The topological polar surface area (TPSA) is 83.3 Å². The second kappa shape index (κ2) is 10.1. The summed E-state index contributed by atoms with van der Waals surface area (Å²) >= 11 is 0. The third-order valence-corrected chi connectivity index (χ3v) is 5.72. The highest BCUT2D eigenvalue weighted by Crippen LogP contribution is 2.40. The van der Waals surface area contributed by atoms with E-state index in [2.05, 4.69) is 20.2 Å². The van der Waals surface area contributed by atoms with Crippen molar-refractivity contribution in [3.8, 4) is 17.6 Å². The van der Waals surface area contributed by atoms with Gasteiger partial charge in [0, 0.05) is 18.0 Å². The summed E-state index contributed by atoms with van der Waals surface area (Å²) in [7, 11) is 1.49. The fraction of sp³-hybridized carbons (Fsp3) is 0.375. The van der Waals surface area contributed by atoms with Crippen LogP contribution in [0.1, 0.15) is 30.4 Å². The summed E-state index contributed by atoms with van der Waals surface area (Å²) in [5, 5.41) is 12.3. The lowest BCUT2D eigenvalue weighted by Gasteiger charge is -2.17. The first-order valence-electron chi connectivity index (χ1n) is 11.0. The van der Waals surface area contributed by atoms with E-state index >= 15 is 0 Å². The lowest BCUT2D eigenvalue weighted by Crippen LogP contribution is -2.21. The summed E-state index contributed by atoms with van der Waals surface area (Å²) in [6.07, 6.45) is -0.115. The van der Waals surface area contributed by atoms with Gasteiger partial charge in [0.05, 0.1) is 42.1 Å². The molecule has 0 unspecified atom stereocenters. The number of benzene rings is 2. The normalized spacial score (nSPS) is 14.2. The van der Waals surface area contributed by atoms with Crippen molar-refractivity contribution in [2.45, 2.75) is 25.4 Å². The van der Waals surface area contributed by atoms with Gasteiger partial charge in [-0.1, -0.05) is 6.07 Å². The van der Waals surface area contributed by atoms with Gasteiger partial charge in [-0.25, -0.2) is 9.97 Å². The molecule has 0 radical (unpaired) electrons. The Bertz CT molecular complexity index is 1200. The van der Waals surface area contributed by atoms with Gasteiger partial charge in [-0.3, -0.25) is 0 Å². The SMILES string of the molecule is COc1cc2c(Nc3cccc(C#N)c3C(F)(F)F)ncnc2cc1OCCCN1CCCC1. The Labute approximate surface area is 195 Å². The minimum Gasteiger partial charge on any atom is -0.493 e. The quantitative estimate of drug-likeness (QED) is 0.456. The van der Waals surface area contributed by atoms with Crippen LogP contribution in [0.4, 0.5) is 24.7 Å². The molecule has 178 valence electrons. The van der Waals surface area contributed by atoms with Crippen LogP contribution in [0.25, 0.3) is 10.9 Å². The third-order valence-electron chi connectivity index (χ3n) is 5.72. The Morgan fingerprint density at radius 1 is 1.15 bits per heavy atom. The van der Waals surface area contributed by atoms with Crippen LogP contribution in [0.5, 0.6) is 11.5 Å². The molecule has 0 bridgehead atoms. The molecule has 4 rings (SSSR count). The van der Waals surface area contributed by atoms with Gasteiger partial charge in [-0.15, -0.1) is 0 Å². The number of nitriles is 1. The van der Waals surface area contributed by atoms with E-state index in [9.17, 15) is 13.2 Å². The molecule has 2 heterocycles. The molecule has 1 fully saturated rings. The second-order valence-corrected chi connectivity index (χ2v) is 7.96. The number of likely N-dealkylation sites (tertiary alicyclic amines) is 1. The van der Waals surface area contributed by atoms with Crippen LogP contribution in [0.3, 0.4) is 0 Å². The zero-order valence-electron chi connectivity index (χ0n) is 18.7. The maximum absolute atomic E-state index is 13.7. The molecule has 0 aliphatic carbocycles. The number of ether oxygens (including phenoxy) is 2. The monoisotopic (exact) mass is 471 g/mol. The number of alkyl halides is 3. The number of nitrogens with zero attached hydrogens (tertiary/aromatic N) is 4. The molecule has 1 N–H and O–H groups in total. The van der Waals surface area contributed by atoms with Crippen molar-refractivity contribution in [2.24, 2.45) is 0 Å². The molecule has 0 atom stereocenters. The lowest BCUT2D eigenvalue weighted by atomic mass is 10.1. The number of halogens is 3. The molecule has 1 aliphatic rings. The zero-order chi connectivity index (χ0) is 24.1. The number of anilines is 2. The van der Waals surface area contributed by atoms with E-state index in [4.69, 9.17) is 14.7 Å². The Morgan fingerprint density at radius 2 is 1.94 bits per heavy atom. The average molecular weight is 471 g/mol. The fourth-order valence-electron chi connectivity index (χ4n) is 4.10. The summed E-state index contributed by atoms with van der Waals surface area (Å²) in [5.41, 5.74) is -1.31. The number of methoxy groups -OCH3 is 1. The molecule has 0 saturated carbocycles. The van der Waals surface area contributed by atoms with Crippen molar-refractivity contribution in [2.75, 3.05) is 38.7 Å². The van der Waals surface area contributed by atoms with Crippen LogP contribution < -0.4 is 14.8 Å². The number of fused-ring (bicyclic) bond motifs is 1. The van der Waals surface area contributed by atoms with Gasteiger partial charge >= 0.3 is 6.18 Å². The zero-order valence-corrected chi connectivity index (χ0v) is 18.7. The minimum absolute atomic E-state index is 0.157. The molecule has 3 aromatic rings. The van der Waals surface area contributed by atoms with Gasteiger partial charge in [0.15, 0.2) is 11.5 Å². The van der Waals surface area contributed by atoms with Gasteiger partial charge in [0.2, 0.25) is 0 Å². The lowest BCUT2D eigenvalue weighted by molar-refractivity contribution is -0.137. The molecule has 1 saturated heterocycles. The van der Waals surface area contributed by atoms with Gasteiger partial charge in [0.1, 0.15) is 12.1 Å². The van der Waals surface area contributed by atoms with E-state index in [-0.39, 0.29) is 11.5 Å². The molecule has 1 aromatic heterocycles. The molecule has 34 heavy (non-hydrogen) atoms. The van der Waals surface area contributed by atoms with E-state index in [1.54, 1.807) is 18.2 Å². The van der Waals surface area contributed by atoms with Crippen LogP contribution in [0.2, 0.25) is 0 Å². The molecular formula is C24H24F3N5O2. The van der Waals surface area contributed by atoms with Crippen molar-refractivity contribution in [1.29, 1.82) is 5.26 Å². The van der Waals surface area contributed by atoms with Gasteiger partial charge in [-0.05, 0) is 50.6 Å². The highest BCUT2D eigenvalue weighted by atomic mass is 19.4. The first kappa shape index (κ1) is 23.6. The number of aromatic nitrogens is 2. The van der Waals surface area contributed by atoms with E-state index in [1.165, 1.54) is 38.4 Å². The Kier molecular flexibility index (Phi) is 7.03. The van der Waals surface area contributed by atoms with Crippen molar-refractivity contribution in [1.82, 2.24) is 14.9 Å². The van der Waals surface area contributed by atoms with Crippen molar-refractivity contribution in [3.05, 3.63) is 47.8 Å². The summed E-state index contributed by atoms with van der Waals surface area (Å²) in [6, 6.07) is 8.69. The predicted octanol–water partition coefficient (Wildman–Crippen LogP) is 5.14. The largest absolute Gasteiger partial charge is 0.493 e. The molecule has 0 amide bonds. The summed E-state index contributed by atoms with van der Waals surface area (Å²) in [5.74, 6) is 1.08. The summed E-state index contributed by atoms with van der Waals surface area (Å²) < 4.78 is 52.4. The highest BCUT2D eigenvalue weighted by Gasteiger charge is 2.36. The predicted molar refractivity (Wildman–Crippen MR) is 121 cm³/mol. The average Bonchev–Trinajstić information content (AvgIpc) is 3.34. The minimum atomic E-state index is -4.72. The number of hydrogen-bond donors (Lipinski definition) is 1. The highest BCUT2D eigenvalue weighted by molar-refractivity contribution is 5.93. The van der Waals surface area contributed by atoms with Crippen molar-refractivity contribution in [3.63, 3.8) is 0 Å². The third kappa shape index (κ3) is 5.15. The standard InChI is InChI=1S/C24H24F3N5O2/c1-33-20-12-17-19(13-21(20)34-11-5-10-32-8-2-3-9-32)29-15-30-23(17)31-18-7-4-6-16(14-28)22(18)24(25,26)27/h4,6-7,12-13,15H,2-3,5,8-11H2,1H3,(H,29,30,31). The van der Waals surface area contributed by atoms with E-state index in [0.29, 0.717) is 29.0 Å². The Hall–Kier alpha value is -3.58. The smallest absolute Gasteiger partial charge is 0.419 e. The molecule has 1 aliphatic heterocycles. The van der Waals surface area contributed by atoms with Gasteiger partial charge in [-0.2, -0.15) is 18.4 Å². The molecule has 2 aromatic carbocycles. The van der Waals surface area contributed by atoms with Crippen LogP contribution >= 0.6 is 0 Å². The second-order valence-electron chi connectivity index (χ2n) is 7.96. The van der Waals surface area contributed by atoms with Gasteiger partial charge in [0.25, 0.3) is 0 Å². The van der Waals surface area contributed by atoms with Crippen LogP contribution in [0.15, 0.2) is 36.7 Å². The van der Waals surface area contributed by atoms with Crippen LogP contribution in [-0.2, 0) is 6.18 Å². The number of nitrogens with one attached hydrogen (secondary N) is 1. The molecular weight excluding hydrogens is 447 g/mol. The van der Waals surface area contributed by atoms with Crippen molar-refractivity contribution >= 4 is 22.4 Å². The maximum atomic E-state index is 13.7. The molecule has 7 nitrogen and oxygen atoms in total. The molecule has 10 heteroatoms. The molecule has 0 spiro atoms. The van der Waals surface area contributed by atoms with Crippen LogP contribution in [0, 0.1) is 11.3 Å². The van der Waals surface area contributed by atoms with Gasteiger partial charge < -0.3 is 19.7 Å². The van der Waals surface area contributed by atoms with Crippen LogP contribution in [-0.4, -0.2) is 48.2 Å². The van der Waals surface area contributed by atoms with E-state index in [0.717, 1.165) is 32.1 Å². The number of rotatable bonds is 8. The summed E-state index contributed by atoms with van der Waals surface area (Å²) in [6.45, 7) is 3.72. The van der Waals surface area contributed by atoms with E-state index in [1.807, 2.05) is 0 Å². The number of hydrogen-bond acceptors (Lipinski definition) is 7.